The van der Waals surface area contributed by atoms with Gasteiger partial charge in [0.05, 0.1) is 10.6 Å². The van der Waals surface area contributed by atoms with Gasteiger partial charge in [0.2, 0.25) is 5.91 Å². The molecule has 0 aliphatic heterocycles. The third kappa shape index (κ3) is 4.36. The van der Waals surface area contributed by atoms with E-state index in [1.165, 1.54) is 11.3 Å². The van der Waals surface area contributed by atoms with Gasteiger partial charge in [0, 0.05) is 44.6 Å². The monoisotopic (exact) mass is 370 g/mol. The summed E-state index contributed by atoms with van der Waals surface area (Å²) < 4.78 is 7.23. The second-order valence-corrected chi connectivity index (χ2v) is 6.77. The SMILES string of the molecule is CCOCCCC(=O)Nc1nc(-c2ccccc2)c(-c2nccn2C)s1. The van der Waals surface area contributed by atoms with Gasteiger partial charge in [-0.1, -0.05) is 41.7 Å². The van der Waals surface area contributed by atoms with Crippen molar-refractivity contribution in [2.45, 2.75) is 19.8 Å². The summed E-state index contributed by atoms with van der Waals surface area (Å²) in [6.45, 7) is 3.21. The van der Waals surface area contributed by atoms with Crippen molar-refractivity contribution in [3.63, 3.8) is 0 Å². The molecule has 1 aromatic carbocycles. The number of hydrogen-bond donors (Lipinski definition) is 1. The van der Waals surface area contributed by atoms with E-state index >= 15 is 0 Å². The minimum atomic E-state index is -0.0514. The number of imidazole rings is 1. The lowest BCUT2D eigenvalue weighted by Gasteiger charge is -2.02. The summed E-state index contributed by atoms with van der Waals surface area (Å²) in [4.78, 5) is 22.2. The smallest absolute Gasteiger partial charge is 0.226 e. The molecule has 0 bridgehead atoms. The van der Waals surface area contributed by atoms with Crippen LogP contribution < -0.4 is 5.32 Å². The van der Waals surface area contributed by atoms with Crippen molar-refractivity contribution in [3.8, 4) is 22.0 Å². The highest BCUT2D eigenvalue weighted by atomic mass is 32.1. The molecule has 0 saturated carbocycles. The molecule has 3 rings (SSSR count). The lowest BCUT2D eigenvalue weighted by molar-refractivity contribution is -0.116. The number of carbonyl (C=O) groups excluding carboxylic acids is 1. The van der Waals surface area contributed by atoms with Gasteiger partial charge in [0.1, 0.15) is 0 Å². The van der Waals surface area contributed by atoms with Crippen molar-refractivity contribution in [2.75, 3.05) is 18.5 Å². The van der Waals surface area contributed by atoms with E-state index in [1.807, 2.05) is 55.1 Å². The quantitative estimate of drug-likeness (QED) is 0.609. The first kappa shape index (κ1) is 18.3. The number of benzene rings is 1. The van der Waals surface area contributed by atoms with Crippen LogP contribution in [0.3, 0.4) is 0 Å². The lowest BCUT2D eigenvalue weighted by Crippen LogP contribution is -2.12. The molecule has 0 spiro atoms. The Bertz CT molecular complexity index is 858. The van der Waals surface area contributed by atoms with E-state index in [0.717, 1.165) is 22.0 Å². The van der Waals surface area contributed by atoms with Gasteiger partial charge in [-0.25, -0.2) is 9.97 Å². The number of nitrogens with one attached hydrogen (secondary N) is 1. The first-order chi connectivity index (χ1) is 12.7. The Labute approximate surface area is 156 Å². The van der Waals surface area contributed by atoms with E-state index in [0.29, 0.717) is 31.2 Å². The summed E-state index contributed by atoms with van der Waals surface area (Å²) in [7, 11) is 1.95. The van der Waals surface area contributed by atoms with Crippen LogP contribution in [-0.2, 0) is 16.6 Å². The number of amides is 1. The van der Waals surface area contributed by atoms with E-state index < -0.39 is 0 Å². The topological polar surface area (TPSA) is 69.0 Å². The summed E-state index contributed by atoms with van der Waals surface area (Å²) in [5.41, 5.74) is 1.83. The number of anilines is 1. The van der Waals surface area contributed by atoms with E-state index in [1.54, 1.807) is 6.20 Å². The Morgan fingerprint density at radius 2 is 2.12 bits per heavy atom. The zero-order valence-corrected chi connectivity index (χ0v) is 15.8. The van der Waals surface area contributed by atoms with Crippen molar-refractivity contribution in [1.29, 1.82) is 0 Å². The minimum absolute atomic E-state index is 0.0514. The Hall–Kier alpha value is -2.51. The van der Waals surface area contributed by atoms with E-state index in [2.05, 4.69) is 15.3 Å². The van der Waals surface area contributed by atoms with Crippen LogP contribution in [0, 0.1) is 0 Å². The molecule has 26 heavy (non-hydrogen) atoms. The second-order valence-electron chi connectivity index (χ2n) is 5.77. The van der Waals surface area contributed by atoms with Crippen LogP contribution >= 0.6 is 11.3 Å². The highest BCUT2D eigenvalue weighted by molar-refractivity contribution is 7.19. The molecule has 6 nitrogen and oxygen atoms in total. The normalized spacial score (nSPS) is 10.8. The van der Waals surface area contributed by atoms with Gasteiger partial charge in [-0.2, -0.15) is 0 Å². The van der Waals surface area contributed by atoms with Crippen molar-refractivity contribution in [3.05, 3.63) is 42.7 Å². The molecule has 2 heterocycles. The van der Waals surface area contributed by atoms with Crippen molar-refractivity contribution >= 4 is 22.4 Å². The van der Waals surface area contributed by atoms with Crippen LogP contribution in [0.2, 0.25) is 0 Å². The van der Waals surface area contributed by atoms with Crippen LogP contribution in [0.25, 0.3) is 22.0 Å². The first-order valence-electron chi connectivity index (χ1n) is 8.60. The Morgan fingerprint density at radius 3 is 2.81 bits per heavy atom. The predicted molar refractivity (Wildman–Crippen MR) is 104 cm³/mol. The highest BCUT2D eigenvalue weighted by Gasteiger charge is 2.18. The van der Waals surface area contributed by atoms with Gasteiger partial charge in [-0.15, -0.1) is 0 Å². The number of hydrogen-bond acceptors (Lipinski definition) is 5. The van der Waals surface area contributed by atoms with Crippen LogP contribution in [0.4, 0.5) is 5.13 Å². The van der Waals surface area contributed by atoms with E-state index in [4.69, 9.17) is 4.74 Å². The fourth-order valence-corrected chi connectivity index (χ4v) is 3.61. The molecular weight excluding hydrogens is 348 g/mol. The molecule has 2 aromatic heterocycles. The van der Waals surface area contributed by atoms with Gasteiger partial charge in [-0.3, -0.25) is 4.79 Å². The fourth-order valence-electron chi connectivity index (χ4n) is 2.56. The molecule has 136 valence electrons. The Balaban J connectivity index is 1.83. The van der Waals surface area contributed by atoms with Gasteiger partial charge in [0.15, 0.2) is 11.0 Å². The summed E-state index contributed by atoms with van der Waals surface area (Å²) in [6, 6.07) is 9.94. The van der Waals surface area contributed by atoms with E-state index in [-0.39, 0.29) is 5.91 Å². The highest BCUT2D eigenvalue weighted by Crippen LogP contribution is 2.38. The van der Waals surface area contributed by atoms with Gasteiger partial charge in [0.25, 0.3) is 0 Å². The van der Waals surface area contributed by atoms with E-state index in [9.17, 15) is 4.79 Å². The molecule has 7 heteroatoms. The summed E-state index contributed by atoms with van der Waals surface area (Å²) in [6.07, 6.45) is 4.77. The van der Waals surface area contributed by atoms with Crippen LogP contribution in [-0.4, -0.2) is 33.7 Å². The number of aryl methyl sites for hydroxylation is 1. The maximum absolute atomic E-state index is 12.2. The van der Waals surface area contributed by atoms with Crippen molar-refractivity contribution < 1.29 is 9.53 Å². The maximum Gasteiger partial charge on any atom is 0.226 e. The molecule has 0 atom stereocenters. The maximum atomic E-state index is 12.2. The fraction of sp³-hybridized carbons (Fsp3) is 0.316. The average Bonchev–Trinajstić information content (AvgIpc) is 3.25. The van der Waals surface area contributed by atoms with Gasteiger partial charge < -0.3 is 14.6 Å². The minimum Gasteiger partial charge on any atom is -0.382 e. The number of nitrogens with zero attached hydrogens (tertiary/aromatic N) is 3. The standard InChI is InChI=1S/C19H22N4O2S/c1-3-25-13-7-10-15(24)21-19-22-16(14-8-5-4-6-9-14)17(26-19)18-20-11-12-23(18)2/h4-6,8-9,11-12H,3,7,10,13H2,1-2H3,(H,21,22,24). The molecule has 3 aromatic rings. The van der Waals surface area contributed by atoms with Crippen molar-refractivity contribution in [2.24, 2.45) is 7.05 Å². The third-order valence-corrected chi connectivity index (χ3v) is 4.81. The number of thiazole rings is 1. The summed E-state index contributed by atoms with van der Waals surface area (Å²) in [5, 5.41) is 3.49. The number of carbonyl (C=O) groups is 1. The van der Waals surface area contributed by atoms with Crippen LogP contribution in [0.15, 0.2) is 42.7 Å². The zero-order valence-electron chi connectivity index (χ0n) is 14.9. The largest absolute Gasteiger partial charge is 0.382 e. The van der Waals surface area contributed by atoms with Crippen LogP contribution in [0.5, 0.6) is 0 Å². The van der Waals surface area contributed by atoms with Crippen molar-refractivity contribution in [1.82, 2.24) is 14.5 Å². The molecule has 1 amide bonds. The molecule has 0 unspecified atom stereocenters. The molecule has 1 N–H and O–H groups in total. The predicted octanol–water partition coefficient (Wildman–Crippen LogP) is 3.97. The molecular formula is C19H22N4O2S. The molecule has 0 aliphatic carbocycles. The van der Waals surface area contributed by atoms with Gasteiger partial charge >= 0.3 is 0 Å². The molecule has 0 aliphatic rings. The second kappa shape index (κ2) is 8.73. The Kier molecular flexibility index (Phi) is 6.14. The molecule has 0 fully saturated rings. The molecule has 0 radical (unpaired) electrons. The van der Waals surface area contributed by atoms with Gasteiger partial charge in [-0.05, 0) is 13.3 Å². The lowest BCUT2D eigenvalue weighted by atomic mass is 10.1. The number of ether oxygens (including phenoxy) is 1. The number of rotatable bonds is 8. The number of aromatic nitrogens is 3. The first-order valence-corrected chi connectivity index (χ1v) is 9.42. The third-order valence-electron chi connectivity index (χ3n) is 3.84. The molecule has 0 saturated heterocycles. The Morgan fingerprint density at radius 1 is 1.31 bits per heavy atom. The summed E-state index contributed by atoms with van der Waals surface area (Å²) >= 11 is 1.44. The zero-order chi connectivity index (χ0) is 18.4. The summed E-state index contributed by atoms with van der Waals surface area (Å²) in [5.74, 6) is 0.780. The van der Waals surface area contributed by atoms with Crippen LogP contribution in [0.1, 0.15) is 19.8 Å². The average molecular weight is 370 g/mol.